The van der Waals surface area contributed by atoms with E-state index in [1.54, 1.807) is 30.8 Å². The summed E-state index contributed by atoms with van der Waals surface area (Å²) in [5, 5.41) is 14.9. The molecule has 0 aliphatic carbocycles. The predicted octanol–water partition coefficient (Wildman–Crippen LogP) is 3.11. The number of aliphatic hydroxyl groups excluding tert-OH is 1. The third-order valence-electron chi connectivity index (χ3n) is 3.23. The van der Waals surface area contributed by atoms with Crippen molar-refractivity contribution in [2.45, 2.75) is 26.4 Å². The smallest absolute Gasteiger partial charge is 0.126 e. The van der Waals surface area contributed by atoms with Gasteiger partial charge in [-0.2, -0.15) is 5.10 Å². The molecule has 0 aliphatic rings. The van der Waals surface area contributed by atoms with Gasteiger partial charge in [0.15, 0.2) is 0 Å². The van der Waals surface area contributed by atoms with Crippen LogP contribution in [-0.4, -0.2) is 14.9 Å². The van der Waals surface area contributed by atoms with E-state index in [2.05, 4.69) is 5.10 Å². The standard InChI is InChI=1S/C14H16ClFN2O/c1-8-4-5-10(6-11(8)16)13(19)7-12-14(15)9(2)17-18(12)3/h4-6,13,19H,7H2,1-3H3. The number of rotatable bonds is 3. The van der Waals surface area contributed by atoms with E-state index in [-0.39, 0.29) is 5.82 Å². The number of nitrogens with zero attached hydrogens (tertiary/aromatic N) is 2. The van der Waals surface area contributed by atoms with E-state index in [0.29, 0.717) is 22.6 Å². The van der Waals surface area contributed by atoms with E-state index in [1.165, 1.54) is 6.07 Å². The molecule has 0 saturated heterocycles. The summed E-state index contributed by atoms with van der Waals surface area (Å²) < 4.78 is 15.1. The summed E-state index contributed by atoms with van der Waals surface area (Å²) >= 11 is 6.13. The minimum Gasteiger partial charge on any atom is -0.388 e. The highest BCUT2D eigenvalue weighted by atomic mass is 35.5. The largest absolute Gasteiger partial charge is 0.388 e. The second-order valence-electron chi connectivity index (χ2n) is 4.70. The number of hydrogen-bond acceptors (Lipinski definition) is 2. The molecule has 0 aliphatic heterocycles. The molecule has 0 amide bonds. The molecule has 19 heavy (non-hydrogen) atoms. The summed E-state index contributed by atoms with van der Waals surface area (Å²) in [7, 11) is 1.77. The quantitative estimate of drug-likeness (QED) is 0.939. The molecule has 0 fully saturated rings. The van der Waals surface area contributed by atoms with Crippen LogP contribution in [0.3, 0.4) is 0 Å². The Bertz CT molecular complexity index is 610. The monoisotopic (exact) mass is 282 g/mol. The lowest BCUT2D eigenvalue weighted by atomic mass is 10.0. The Balaban J connectivity index is 2.25. The van der Waals surface area contributed by atoms with Crippen LogP contribution in [0, 0.1) is 19.7 Å². The van der Waals surface area contributed by atoms with Crippen molar-refractivity contribution in [2.24, 2.45) is 7.05 Å². The lowest BCUT2D eigenvalue weighted by Gasteiger charge is -2.12. The van der Waals surface area contributed by atoms with Crippen molar-refractivity contribution in [2.75, 3.05) is 0 Å². The van der Waals surface area contributed by atoms with Crippen molar-refractivity contribution in [3.63, 3.8) is 0 Å². The van der Waals surface area contributed by atoms with Crippen molar-refractivity contribution >= 4 is 11.6 Å². The van der Waals surface area contributed by atoms with E-state index >= 15 is 0 Å². The first-order chi connectivity index (χ1) is 8.90. The molecule has 3 nitrogen and oxygen atoms in total. The fourth-order valence-corrected chi connectivity index (χ4v) is 2.26. The van der Waals surface area contributed by atoms with E-state index < -0.39 is 6.10 Å². The minimum absolute atomic E-state index is 0.304. The van der Waals surface area contributed by atoms with Crippen molar-refractivity contribution < 1.29 is 9.50 Å². The highest BCUT2D eigenvalue weighted by Gasteiger charge is 2.17. The molecule has 102 valence electrons. The summed E-state index contributed by atoms with van der Waals surface area (Å²) in [5.41, 5.74) is 2.57. The average Bonchev–Trinajstić information content (AvgIpc) is 2.59. The first-order valence-electron chi connectivity index (χ1n) is 6.02. The molecule has 1 unspecified atom stereocenters. The molecule has 0 spiro atoms. The molecule has 0 saturated carbocycles. The van der Waals surface area contributed by atoms with Crippen LogP contribution >= 0.6 is 11.6 Å². The molecule has 5 heteroatoms. The van der Waals surface area contributed by atoms with E-state index in [0.717, 1.165) is 11.4 Å². The maximum absolute atomic E-state index is 13.5. The van der Waals surface area contributed by atoms with Crippen LogP contribution in [0.4, 0.5) is 4.39 Å². The van der Waals surface area contributed by atoms with Gasteiger partial charge in [-0.1, -0.05) is 23.7 Å². The van der Waals surface area contributed by atoms with Gasteiger partial charge in [0.25, 0.3) is 0 Å². The van der Waals surface area contributed by atoms with Gasteiger partial charge in [-0.05, 0) is 31.0 Å². The van der Waals surface area contributed by atoms with E-state index in [9.17, 15) is 9.50 Å². The SMILES string of the molecule is Cc1ccc(C(O)Cc2c(Cl)c(C)nn2C)cc1F. The van der Waals surface area contributed by atoms with Crippen LogP contribution in [-0.2, 0) is 13.5 Å². The Morgan fingerprint density at radius 1 is 1.42 bits per heavy atom. The van der Waals surface area contributed by atoms with E-state index in [4.69, 9.17) is 11.6 Å². The van der Waals surface area contributed by atoms with E-state index in [1.807, 2.05) is 6.92 Å². The molecule has 1 heterocycles. The maximum atomic E-state index is 13.5. The van der Waals surface area contributed by atoms with Crippen molar-refractivity contribution in [3.05, 3.63) is 51.6 Å². The molecule has 0 radical (unpaired) electrons. The third-order valence-corrected chi connectivity index (χ3v) is 3.72. The van der Waals surface area contributed by atoms with Gasteiger partial charge in [0.2, 0.25) is 0 Å². The Kier molecular flexibility index (Phi) is 3.92. The second kappa shape index (κ2) is 5.31. The van der Waals surface area contributed by atoms with Crippen LogP contribution in [0.15, 0.2) is 18.2 Å². The molecule has 1 aromatic heterocycles. The molecule has 1 aromatic carbocycles. The Morgan fingerprint density at radius 2 is 2.11 bits per heavy atom. The van der Waals surface area contributed by atoms with Crippen LogP contribution in [0.1, 0.15) is 28.6 Å². The molecule has 2 aromatic rings. The van der Waals surface area contributed by atoms with Crippen LogP contribution in [0.2, 0.25) is 5.02 Å². The lowest BCUT2D eigenvalue weighted by Crippen LogP contribution is -2.07. The van der Waals surface area contributed by atoms with Gasteiger partial charge in [0, 0.05) is 13.5 Å². The molecule has 1 N–H and O–H groups in total. The molecule has 0 bridgehead atoms. The number of hydrogen-bond donors (Lipinski definition) is 1. The maximum Gasteiger partial charge on any atom is 0.126 e. The summed E-state index contributed by atoms with van der Waals surface area (Å²) in [6.45, 7) is 3.50. The van der Waals surface area contributed by atoms with Gasteiger partial charge < -0.3 is 5.11 Å². The van der Waals surface area contributed by atoms with Gasteiger partial charge in [-0.15, -0.1) is 0 Å². The molecular weight excluding hydrogens is 267 g/mol. The van der Waals surface area contributed by atoms with Gasteiger partial charge in [-0.25, -0.2) is 4.39 Å². The summed E-state index contributed by atoms with van der Waals surface area (Å²) in [6, 6.07) is 4.74. The van der Waals surface area contributed by atoms with Gasteiger partial charge in [0.05, 0.1) is 22.5 Å². The topological polar surface area (TPSA) is 38.1 Å². The second-order valence-corrected chi connectivity index (χ2v) is 5.08. The number of aryl methyl sites for hydroxylation is 3. The van der Waals surface area contributed by atoms with Crippen LogP contribution in [0.25, 0.3) is 0 Å². The normalized spacial score (nSPS) is 12.7. The van der Waals surface area contributed by atoms with Crippen molar-refractivity contribution in [1.29, 1.82) is 0 Å². The summed E-state index contributed by atoms with van der Waals surface area (Å²) in [5.74, 6) is -0.316. The Morgan fingerprint density at radius 3 is 2.63 bits per heavy atom. The summed E-state index contributed by atoms with van der Waals surface area (Å²) in [4.78, 5) is 0. The zero-order valence-corrected chi connectivity index (χ0v) is 11.9. The van der Waals surface area contributed by atoms with Gasteiger partial charge in [0.1, 0.15) is 5.82 Å². The first kappa shape index (κ1) is 14.0. The van der Waals surface area contributed by atoms with Crippen molar-refractivity contribution in [3.8, 4) is 0 Å². The number of aromatic nitrogens is 2. The first-order valence-corrected chi connectivity index (χ1v) is 6.40. The lowest BCUT2D eigenvalue weighted by molar-refractivity contribution is 0.175. The van der Waals surface area contributed by atoms with Crippen LogP contribution in [0.5, 0.6) is 0 Å². The molecule has 1 atom stereocenters. The fourth-order valence-electron chi connectivity index (χ4n) is 2.02. The Labute approximate surface area is 116 Å². The van der Waals surface area contributed by atoms with Crippen LogP contribution < -0.4 is 0 Å². The highest BCUT2D eigenvalue weighted by molar-refractivity contribution is 6.31. The fraction of sp³-hybridized carbons (Fsp3) is 0.357. The zero-order chi connectivity index (χ0) is 14.2. The number of aliphatic hydroxyl groups is 1. The molecular formula is C14H16ClFN2O. The van der Waals surface area contributed by atoms with Crippen molar-refractivity contribution in [1.82, 2.24) is 9.78 Å². The summed E-state index contributed by atoms with van der Waals surface area (Å²) in [6.07, 6.45) is -0.499. The van der Waals surface area contributed by atoms with Gasteiger partial charge in [-0.3, -0.25) is 4.68 Å². The minimum atomic E-state index is -0.803. The third kappa shape index (κ3) is 2.80. The highest BCUT2D eigenvalue weighted by Crippen LogP contribution is 2.26. The Hall–Kier alpha value is -1.39. The zero-order valence-electron chi connectivity index (χ0n) is 11.1. The van der Waals surface area contributed by atoms with Gasteiger partial charge >= 0.3 is 0 Å². The number of halogens is 2. The predicted molar refractivity (Wildman–Crippen MR) is 72.8 cm³/mol. The average molecular weight is 283 g/mol. The number of benzene rings is 1. The molecule has 2 rings (SSSR count).